The van der Waals surface area contributed by atoms with E-state index in [1.54, 1.807) is 11.4 Å². The van der Waals surface area contributed by atoms with Gasteiger partial charge in [-0.05, 0) is 23.9 Å². The first kappa shape index (κ1) is 7.71. The van der Waals surface area contributed by atoms with E-state index in [4.69, 9.17) is 5.14 Å². The molecule has 1 heterocycles. The van der Waals surface area contributed by atoms with Crippen molar-refractivity contribution in [3.05, 3.63) is 17.0 Å². The smallest absolute Gasteiger partial charge is 0.224 e. The highest BCUT2D eigenvalue weighted by molar-refractivity contribution is 7.91. The first-order chi connectivity index (χ1) is 4.50. The fourth-order valence-electron chi connectivity index (χ4n) is 0.554. The lowest BCUT2D eigenvalue weighted by Crippen LogP contribution is -2.09. The summed E-state index contributed by atoms with van der Waals surface area (Å²) in [5.41, 5.74) is 0.925. The van der Waals surface area contributed by atoms with E-state index in [-0.39, 0.29) is 4.21 Å². The molecule has 0 amide bonds. The van der Waals surface area contributed by atoms with Gasteiger partial charge < -0.3 is 0 Å². The van der Waals surface area contributed by atoms with Gasteiger partial charge in [-0.2, -0.15) is 0 Å². The van der Waals surface area contributed by atoms with E-state index in [9.17, 15) is 8.42 Å². The monoisotopic (exact) mass is 177 g/mol. The summed E-state index contributed by atoms with van der Waals surface area (Å²) in [6.07, 6.45) is 0. The molecule has 0 fully saturated rings. The molecule has 0 aliphatic carbocycles. The van der Waals surface area contributed by atoms with Crippen LogP contribution in [0.25, 0.3) is 0 Å². The van der Waals surface area contributed by atoms with Gasteiger partial charge in [0.15, 0.2) is 0 Å². The number of hydrogen-bond acceptors (Lipinski definition) is 3. The van der Waals surface area contributed by atoms with Crippen LogP contribution >= 0.6 is 11.3 Å². The largest absolute Gasteiger partial charge is 0.247 e. The summed E-state index contributed by atoms with van der Waals surface area (Å²) in [6, 6.07) is 1.56. The number of thiophene rings is 1. The fraction of sp³-hybridized carbons (Fsp3) is 0.200. The van der Waals surface area contributed by atoms with Gasteiger partial charge in [-0.3, -0.25) is 0 Å². The van der Waals surface area contributed by atoms with Gasteiger partial charge in [0.25, 0.3) is 0 Å². The van der Waals surface area contributed by atoms with Crippen molar-refractivity contribution in [2.75, 3.05) is 0 Å². The van der Waals surface area contributed by atoms with Crippen molar-refractivity contribution in [1.29, 1.82) is 0 Å². The van der Waals surface area contributed by atoms with Gasteiger partial charge in [0.2, 0.25) is 10.0 Å². The van der Waals surface area contributed by atoms with Gasteiger partial charge in [0, 0.05) is 0 Å². The second-order valence-electron chi connectivity index (χ2n) is 1.99. The number of nitrogens with two attached hydrogens (primary N) is 1. The Labute approximate surface area is 63.5 Å². The lowest BCUT2D eigenvalue weighted by atomic mass is 10.4. The van der Waals surface area contributed by atoms with E-state index < -0.39 is 10.0 Å². The minimum atomic E-state index is -3.46. The van der Waals surface area contributed by atoms with Crippen LogP contribution in [-0.4, -0.2) is 8.42 Å². The molecule has 0 bridgehead atoms. The second kappa shape index (κ2) is 2.34. The SMILES string of the molecule is Cc1csc(S(N)(=O)=O)c1. The Bertz CT molecular complexity index is 325. The second-order valence-corrected chi connectivity index (χ2v) is 4.69. The highest BCUT2D eigenvalue weighted by atomic mass is 32.2. The minimum Gasteiger partial charge on any atom is -0.224 e. The molecule has 0 saturated heterocycles. The van der Waals surface area contributed by atoms with Crippen LogP contribution in [0.2, 0.25) is 0 Å². The van der Waals surface area contributed by atoms with E-state index in [0.29, 0.717) is 0 Å². The maximum atomic E-state index is 10.6. The molecule has 1 rings (SSSR count). The minimum absolute atomic E-state index is 0.227. The van der Waals surface area contributed by atoms with Crippen LogP contribution in [0.1, 0.15) is 5.56 Å². The number of sulfonamides is 1. The van der Waals surface area contributed by atoms with Gasteiger partial charge in [-0.25, -0.2) is 13.6 Å². The third-order valence-electron chi connectivity index (χ3n) is 0.987. The average Bonchev–Trinajstić information content (AvgIpc) is 2.11. The lowest BCUT2D eigenvalue weighted by Gasteiger charge is -1.87. The Balaban J connectivity index is 3.21. The third-order valence-corrected chi connectivity index (χ3v) is 3.49. The Morgan fingerprint density at radius 3 is 2.40 bits per heavy atom. The summed E-state index contributed by atoms with van der Waals surface area (Å²) >= 11 is 1.14. The summed E-state index contributed by atoms with van der Waals surface area (Å²) in [6.45, 7) is 1.82. The van der Waals surface area contributed by atoms with Gasteiger partial charge >= 0.3 is 0 Å². The topological polar surface area (TPSA) is 60.2 Å². The van der Waals surface area contributed by atoms with Crippen molar-refractivity contribution < 1.29 is 8.42 Å². The molecular weight excluding hydrogens is 170 g/mol. The third kappa shape index (κ3) is 1.56. The lowest BCUT2D eigenvalue weighted by molar-refractivity contribution is 0.599. The normalized spacial score (nSPS) is 11.8. The summed E-state index contributed by atoms with van der Waals surface area (Å²) < 4.78 is 21.5. The van der Waals surface area contributed by atoms with Crippen molar-refractivity contribution in [1.82, 2.24) is 0 Å². The van der Waals surface area contributed by atoms with Crippen molar-refractivity contribution in [3.8, 4) is 0 Å². The molecule has 3 nitrogen and oxygen atoms in total. The summed E-state index contributed by atoms with van der Waals surface area (Å²) in [5, 5.41) is 6.60. The number of aryl methyl sites for hydroxylation is 1. The predicted octanol–water partition coefficient (Wildman–Crippen LogP) is 0.704. The molecule has 0 saturated carbocycles. The van der Waals surface area contributed by atoms with Crippen LogP contribution in [0.4, 0.5) is 0 Å². The molecule has 56 valence electrons. The molecule has 0 unspecified atom stereocenters. The first-order valence-corrected chi connectivity index (χ1v) is 5.00. The molecule has 0 spiro atoms. The molecule has 0 aromatic carbocycles. The number of rotatable bonds is 1. The van der Waals surface area contributed by atoms with Crippen LogP contribution in [0.15, 0.2) is 15.7 Å². The number of primary sulfonamides is 1. The molecule has 0 atom stereocenters. The zero-order chi connectivity index (χ0) is 7.78. The van der Waals surface area contributed by atoms with Crippen LogP contribution in [0, 0.1) is 6.92 Å². The maximum Gasteiger partial charge on any atom is 0.247 e. The molecule has 10 heavy (non-hydrogen) atoms. The summed E-state index contributed by atoms with van der Waals surface area (Å²) in [5.74, 6) is 0. The van der Waals surface area contributed by atoms with E-state index in [1.165, 1.54) is 0 Å². The fourth-order valence-corrected chi connectivity index (χ4v) is 2.21. The molecule has 0 aliphatic rings. The predicted molar refractivity (Wildman–Crippen MR) is 40.4 cm³/mol. The molecule has 2 N–H and O–H groups in total. The Hall–Kier alpha value is -0.390. The molecule has 1 aromatic rings. The molecule has 0 aliphatic heterocycles. The van der Waals surface area contributed by atoms with Gasteiger partial charge in [0.05, 0.1) is 0 Å². The summed E-state index contributed by atoms with van der Waals surface area (Å²) in [4.78, 5) is 0. The van der Waals surface area contributed by atoms with Gasteiger partial charge in [-0.1, -0.05) is 0 Å². The standard InChI is InChI=1S/C5H7NO2S2/c1-4-2-5(9-3-4)10(6,7)8/h2-3H,1H3,(H2,6,7,8). The van der Waals surface area contributed by atoms with Gasteiger partial charge in [0.1, 0.15) is 4.21 Å². The van der Waals surface area contributed by atoms with E-state index >= 15 is 0 Å². The van der Waals surface area contributed by atoms with Crippen molar-refractivity contribution in [2.45, 2.75) is 11.1 Å². The first-order valence-electron chi connectivity index (χ1n) is 2.58. The van der Waals surface area contributed by atoms with Crippen LogP contribution in [0.5, 0.6) is 0 Å². The number of hydrogen-bond donors (Lipinski definition) is 1. The Kier molecular flexibility index (Phi) is 1.80. The quantitative estimate of drug-likeness (QED) is 0.686. The van der Waals surface area contributed by atoms with Crippen molar-refractivity contribution in [2.24, 2.45) is 5.14 Å². The average molecular weight is 177 g/mol. The molecule has 1 aromatic heterocycles. The molecule has 5 heteroatoms. The van der Waals surface area contributed by atoms with E-state index in [2.05, 4.69) is 0 Å². The van der Waals surface area contributed by atoms with Crippen molar-refractivity contribution in [3.63, 3.8) is 0 Å². The van der Waals surface area contributed by atoms with Gasteiger partial charge in [-0.15, -0.1) is 11.3 Å². The zero-order valence-electron chi connectivity index (χ0n) is 5.37. The van der Waals surface area contributed by atoms with E-state index in [0.717, 1.165) is 16.9 Å². The van der Waals surface area contributed by atoms with Crippen LogP contribution in [0.3, 0.4) is 0 Å². The van der Waals surface area contributed by atoms with Crippen molar-refractivity contribution >= 4 is 21.4 Å². The molecule has 0 radical (unpaired) electrons. The Morgan fingerprint density at radius 2 is 2.20 bits per heavy atom. The summed E-state index contributed by atoms with van der Waals surface area (Å²) in [7, 11) is -3.46. The Morgan fingerprint density at radius 1 is 1.60 bits per heavy atom. The van der Waals surface area contributed by atoms with Crippen LogP contribution < -0.4 is 5.14 Å². The molecular formula is C5H7NO2S2. The van der Waals surface area contributed by atoms with Crippen LogP contribution in [-0.2, 0) is 10.0 Å². The highest BCUT2D eigenvalue weighted by Gasteiger charge is 2.08. The zero-order valence-corrected chi connectivity index (χ0v) is 7.00. The maximum absolute atomic E-state index is 10.6. The highest BCUT2D eigenvalue weighted by Crippen LogP contribution is 2.17. The van der Waals surface area contributed by atoms with E-state index in [1.807, 2.05) is 6.92 Å².